The number of nitrogens with zero attached hydrogens (tertiary/aromatic N) is 2. The van der Waals surface area contributed by atoms with E-state index in [0.717, 1.165) is 39.1 Å². The number of rotatable bonds is 13. The van der Waals surface area contributed by atoms with Gasteiger partial charge in [0.25, 0.3) is 0 Å². The number of hydrogen-bond acceptors (Lipinski definition) is 4. The molecule has 0 bridgehead atoms. The van der Waals surface area contributed by atoms with E-state index in [1.54, 1.807) is 19.0 Å². The quantitative estimate of drug-likeness (QED) is 0.296. The average Bonchev–Trinajstić information content (AvgIpc) is 2.57. The number of nitrogens with one attached hydrogen (secondary N) is 2. The van der Waals surface area contributed by atoms with Crippen molar-refractivity contribution >= 4 is 11.9 Å². The Kier molecular flexibility index (Phi) is 14.2. The minimum atomic E-state index is -0.0233. The first-order chi connectivity index (χ1) is 11.9. The van der Waals surface area contributed by atoms with Crippen molar-refractivity contribution in [1.29, 1.82) is 0 Å². The number of ether oxygens (including phenoxy) is 2. The molecule has 7 heteroatoms. The number of guanidine groups is 1. The van der Waals surface area contributed by atoms with Gasteiger partial charge in [0.1, 0.15) is 6.54 Å². The summed E-state index contributed by atoms with van der Waals surface area (Å²) in [5, 5.41) is 6.55. The third kappa shape index (κ3) is 12.6. The number of carbonyl (C=O) groups excluding carboxylic acids is 1. The van der Waals surface area contributed by atoms with Crippen molar-refractivity contribution in [3.8, 4) is 0 Å². The van der Waals surface area contributed by atoms with Crippen LogP contribution in [0.4, 0.5) is 0 Å². The maximum atomic E-state index is 11.7. The predicted octanol–water partition coefficient (Wildman–Crippen LogP) is 1.49. The largest absolute Gasteiger partial charge is 0.382 e. The summed E-state index contributed by atoms with van der Waals surface area (Å²) in [5.41, 5.74) is 0. The lowest BCUT2D eigenvalue weighted by Gasteiger charge is -2.21. The van der Waals surface area contributed by atoms with Crippen LogP contribution in [0.3, 0.4) is 0 Å². The average molecular weight is 359 g/mol. The maximum Gasteiger partial charge on any atom is 0.243 e. The molecule has 1 unspecified atom stereocenters. The van der Waals surface area contributed by atoms with Crippen LogP contribution in [0, 0.1) is 5.92 Å². The van der Waals surface area contributed by atoms with Crippen LogP contribution in [0.15, 0.2) is 4.99 Å². The minimum absolute atomic E-state index is 0.0233. The zero-order chi connectivity index (χ0) is 19.1. The molecule has 0 aromatic heterocycles. The van der Waals surface area contributed by atoms with Crippen molar-refractivity contribution in [1.82, 2.24) is 15.5 Å². The molecule has 0 fully saturated rings. The number of carbonyl (C=O) groups is 1. The van der Waals surface area contributed by atoms with Crippen molar-refractivity contribution in [3.63, 3.8) is 0 Å². The van der Waals surface area contributed by atoms with Crippen molar-refractivity contribution in [2.24, 2.45) is 10.9 Å². The molecule has 0 aliphatic rings. The smallest absolute Gasteiger partial charge is 0.243 e. The molecule has 0 aliphatic carbocycles. The molecule has 148 valence electrons. The van der Waals surface area contributed by atoms with E-state index in [0.29, 0.717) is 18.5 Å². The van der Waals surface area contributed by atoms with Gasteiger partial charge in [-0.25, -0.2) is 4.99 Å². The molecule has 0 aromatic carbocycles. The Morgan fingerprint density at radius 3 is 2.36 bits per heavy atom. The Morgan fingerprint density at radius 1 is 1.12 bits per heavy atom. The molecule has 2 N–H and O–H groups in total. The van der Waals surface area contributed by atoms with Crippen LogP contribution in [-0.4, -0.2) is 76.4 Å². The third-order valence-corrected chi connectivity index (χ3v) is 3.68. The van der Waals surface area contributed by atoms with Crippen LogP contribution in [0.25, 0.3) is 0 Å². The van der Waals surface area contributed by atoms with Crippen LogP contribution in [-0.2, 0) is 14.3 Å². The molecule has 0 saturated carbocycles. The van der Waals surface area contributed by atoms with Gasteiger partial charge in [-0.05, 0) is 32.6 Å². The highest BCUT2D eigenvalue weighted by Crippen LogP contribution is 2.09. The summed E-state index contributed by atoms with van der Waals surface area (Å²) >= 11 is 0. The number of hydrogen-bond donors (Lipinski definition) is 2. The maximum absolute atomic E-state index is 11.7. The summed E-state index contributed by atoms with van der Waals surface area (Å²) in [6, 6.07) is 0. The summed E-state index contributed by atoms with van der Waals surface area (Å²) < 4.78 is 11.1. The van der Waals surface area contributed by atoms with Gasteiger partial charge in [0.15, 0.2) is 5.96 Å². The van der Waals surface area contributed by atoms with E-state index in [9.17, 15) is 4.79 Å². The second-order valence-electron chi connectivity index (χ2n) is 6.38. The molecule has 1 atom stereocenters. The first-order valence-electron chi connectivity index (χ1n) is 9.33. The molecule has 0 radical (unpaired) electrons. The van der Waals surface area contributed by atoms with Gasteiger partial charge in [0.2, 0.25) is 5.91 Å². The Balaban J connectivity index is 4.45. The summed E-state index contributed by atoms with van der Waals surface area (Å²) in [6.07, 6.45) is 2.01. The van der Waals surface area contributed by atoms with E-state index in [2.05, 4.69) is 29.5 Å². The topological polar surface area (TPSA) is 75.2 Å². The molecular weight excluding hydrogens is 320 g/mol. The fourth-order valence-corrected chi connectivity index (χ4v) is 2.14. The predicted molar refractivity (Wildman–Crippen MR) is 103 cm³/mol. The second kappa shape index (κ2) is 15.0. The van der Waals surface area contributed by atoms with Gasteiger partial charge in [-0.1, -0.05) is 13.8 Å². The summed E-state index contributed by atoms with van der Waals surface area (Å²) in [5.74, 6) is 1.10. The lowest BCUT2D eigenvalue weighted by Crippen LogP contribution is -2.41. The van der Waals surface area contributed by atoms with E-state index in [4.69, 9.17) is 9.47 Å². The highest BCUT2D eigenvalue weighted by atomic mass is 16.5. The van der Waals surface area contributed by atoms with E-state index < -0.39 is 0 Å². The molecule has 0 spiro atoms. The van der Waals surface area contributed by atoms with Crippen molar-refractivity contribution in [2.75, 3.05) is 53.6 Å². The Morgan fingerprint density at radius 2 is 1.80 bits per heavy atom. The molecule has 0 saturated heterocycles. The fourth-order valence-electron chi connectivity index (χ4n) is 2.14. The monoisotopic (exact) mass is 358 g/mol. The summed E-state index contributed by atoms with van der Waals surface area (Å²) in [7, 11) is 3.46. The lowest BCUT2D eigenvalue weighted by molar-refractivity contribution is -0.127. The number of likely N-dealkylation sites (N-methyl/N-ethyl adjacent to an activating group) is 1. The third-order valence-electron chi connectivity index (χ3n) is 3.68. The lowest BCUT2D eigenvalue weighted by atomic mass is 10.0. The molecule has 25 heavy (non-hydrogen) atoms. The summed E-state index contributed by atoms with van der Waals surface area (Å²) in [4.78, 5) is 17.7. The summed E-state index contributed by atoms with van der Waals surface area (Å²) in [6.45, 7) is 12.1. The zero-order valence-electron chi connectivity index (χ0n) is 16.9. The Hall–Kier alpha value is -1.34. The van der Waals surface area contributed by atoms with E-state index in [1.807, 2.05) is 13.8 Å². The standard InChI is InChI=1S/C18H38N4O3/c1-7-24-13-9-11-19-18(21-14-17(23)22(5)6)20-12-10-16(15(3)4)25-8-2/h15-16H,7-14H2,1-6H3,(H2,19,20,21). The van der Waals surface area contributed by atoms with E-state index >= 15 is 0 Å². The van der Waals surface area contributed by atoms with Crippen LogP contribution in [0.1, 0.15) is 40.5 Å². The normalized spacial score (nSPS) is 13.0. The van der Waals surface area contributed by atoms with Gasteiger partial charge >= 0.3 is 0 Å². The molecule has 0 heterocycles. The minimum Gasteiger partial charge on any atom is -0.382 e. The van der Waals surface area contributed by atoms with E-state index in [1.165, 1.54) is 0 Å². The van der Waals surface area contributed by atoms with Crippen LogP contribution in [0.5, 0.6) is 0 Å². The molecule has 0 aromatic rings. The van der Waals surface area contributed by atoms with Crippen LogP contribution >= 0.6 is 0 Å². The first-order valence-corrected chi connectivity index (χ1v) is 9.33. The molecular formula is C18H38N4O3. The molecule has 0 aliphatic heterocycles. The Bertz CT molecular complexity index is 373. The van der Waals surface area contributed by atoms with Crippen molar-refractivity contribution in [2.45, 2.75) is 46.6 Å². The van der Waals surface area contributed by atoms with Crippen molar-refractivity contribution < 1.29 is 14.3 Å². The van der Waals surface area contributed by atoms with E-state index in [-0.39, 0.29) is 18.6 Å². The number of amides is 1. The SMILES string of the molecule is CCOCCCNC(=NCC(=O)N(C)C)NCCC(OCC)C(C)C. The highest BCUT2D eigenvalue weighted by Gasteiger charge is 2.13. The Labute approximate surface area is 153 Å². The highest BCUT2D eigenvalue weighted by molar-refractivity contribution is 5.84. The fraction of sp³-hybridized carbons (Fsp3) is 0.889. The second-order valence-corrected chi connectivity index (χ2v) is 6.38. The van der Waals surface area contributed by atoms with Crippen molar-refractivity contribution in [3.05, 3.63) is 0 Å². The molecule has 0 rings (SSSR count). The first kappa shape index (κ1) is 23.7. The molecule has 7 nitrogen and oxygen atoms in total. The van der Waals surface area contributed by atoms with Gasteiger partial charge in [0, 0.05) is 47.0 Å². The van der Waals surface area contributed by atoms with Gasteiger partial charge in [-0.3, -0.25) is 4.79 Å². The van der Waals surface area contributed by atoms with Gasteiger partial charge in [-0.15, -0.1) is 0 Å². The van der Waals surface area contributed by atoms with Gasteiger partial charge in [-0.2, -0.15) is 0 Å². The zero-order valence-corrected chi connectivity index (χ0v) is 16.9. The number of aliphatic imine (C=N–C) groups is 1. The van der Waals surface area contributed by atoms with Crippen LogP contribution in [0.2, 0.25) is 0 Å². The molecule has 1 amide bonds. The van der Waals surface area contributed by atoms with Gasteiger partial charge < -0.3 is 25.0 Å². The van der Waals surface area contributed by atoms with Crippen LogP contribution < -0.4 is 10.6 Å². The van der Waals surface area contributed by atoms with Gasteiger partial charge in [0.05, 0.1) is 6.10 Å².